The maximum absolute atomic E-state index is 9.01. The van der Waals surface area contributed by atoms with Gasteiger partial charge in [-0.2, -0.15) is 5.26 Å². The van der Waals surface area contributed by atoms with Gasteiger partial charge in [-0.3, -0.25) is 0 Å². The van der Waals surface area contributed by atoms with Crippen LogP contribution in [-0.4, -0.2) is 22.3 Å². The van der Waals surface area contributed by atoms with Crippen LogP contribution in [0.4, 0.5) is 0 Å². The lowest BCUT2D eigenvalue weighted by Crippen LogP contribution is -2.43. The second-order valence-corrected chi connectivity index (χ2v) is 5.49. The Kier molecular flexibility index (Phi) is 2.92. The lowest BCUT2D eigenvalue weighted by Gasteiger charge is -2.40. The minimum Gasteiger partial charge on any atom is -0.376 e. The summed E-state index contributed by atoms with van der Waals surface area (Å²) in [6, 6.07) is 7.75. The van der Waals surface area contributed by atoms with Crippen molar-refractivity contribution in [3.8, 4) is 6.07 Å². The molecule has 1 aliphatic carbocycles. The van der Waals surface area contributed by atoms with Crippen LogP contribution in [0.15, 0.2) is 18.2 Å². The number of nitrogens with zero attached hydrogens (tertiary/aromatic N) is 2. The molecule has 98 valence electrons. The Morgan fingerprint density at radius 1 is 1.53 bits per heavy atom. The van der Waals surface area contributed by atoms with E-state index < -0.39 is 0 Å². The van der Waals surface area contributed by atoms with Crippen LogP contribution in [0.5, 0.6) is 0 Å². The van der Waals surface area contributed by atoms with Gasteiger partial charge < -0.3 is 14.3 Å². The second-order valence-electron chi connectivity index (χ2n) is 5.10. The highest BCUT2D eigenvalue weighted by Gasteiger charge is 2.37. The van der Waals surface area contributed by atoms with Gasteiger partial charge in [0.05, 0.1) is 34.8 Å². The van der Waals surface area contributed by atoms with E-state index in [4.69, 9.17) is 22.2 Å². The number of ether oxygens (including phenoxy) is 1. The summed E-state index contributed by atoms with van der Waals surface area (Å²) in [5, 5.41) is 9.01. The Morgan fingerprint density at radius 2 is 2.32 bits per heavy atom. The van der Waals surface area contributed by atoms with Crippen molar-refractivity contribution in [3.05, 3.63) is 28.5 Å². The number of imidazole rings is 1. The highest BCUT2D eigenvalue weighted by molar-refractivity contribution is 7.71. The summed E-state index contributed by atoms with van der Waals surface area (Å²) in [6.07, 6.45) is 3.33. The van der Waals surface area contributed by atoms with E-state index in [-0.39, 0.29) is 5.60 Å². The van der Waals surface area contributed by atoms with Crippen LogP contribution in [0, 0.1) is 16.1 Å². The van der Waals surface area contributed by atoms with Crippen LogP contribution in [0.2, 0.25) is 0 Å². The van der Waals surface area contributed by atoms with E-state index in [1.165, 1.54) is 6.42 Å². The summed E-state index contributed by atoms with van der Waals surface area (Å²) in [4.78, 5) is 3.19. The number of hydrogen-bond acceptors (Lipinski definition) is 3. The van der Waals surface area contributed by atoms with Crippen molar-refractivity contribution >= 4 is 23.3 Å². The fourth-order valence-corrected chi connectivity index (χ4v) is 2.94. The largest absolute Gasteiger partial charge is 0.376 e. The Bertz CT molecular complexity index is 713. The van der Waals surface area contributed by atoms with Crippen LogP contribution < -0.4 is 0 Å². The second kappa shape index (κ2) is 4.48. The van der Waals surface area contributed by atoms with Gasteiger partial charge in [-0.15, -0.1) is 0 Å². The first-order valence-corrected chi connectivity index (χ1v) is 6.76. The summed E-state index contributed by atoms with van der Waals surface area (Å²) >= 11 is 5.39. The van der Waals surface area contributed by atoms with Crippen molar-refractivity contribution in [1.29, 1.82) is 5.26 Å². The van der Waals surface area contributed by atoms with Crippen molar-refractivity contribution in [1.82, 2.24) is 9.55 Å². The van der Waals surface area contributed by atoms with E-state index in [2.05, 4.69) is 11.1 Å². The van der Waals surface area contributed by atoms with Crippen molar-refractivity contribution in [2.45, 2.75) is 31.4 Å². The Morgan fingerprint density at radius 3 is 2.89 bits per heavy atom. The van der Waals surface area contributed by atoms with Gasteiger partial charge in [0.2, 0.25) is 0 Å². The average molecular weight is 273 g/mol. The lowest BCUT2D eigenvalue weighted by atomic mass is 9.80. The van der Waals surface area contributed by atoms with Gasteiger partial charge in [-0.25, -0.2) is 0 Å². The molecule has 0 spiro atoms. The zero-order valence-corrected chi connectivity index (χ0v) is 11.6. The van der Waals surface area contributed by atoms with Crippen LogP contribution in [0.3, 0.4) is 0 Å². The number of nitriles is 1. The first-order chi connectivity index (χ1) is 9.17. The van der Waals surface area contributed by atoms with E-state index >= 15 is 0 Å². The molecule has 3 rings (SSSR count). The molecule has 0 amide bonds. The van der Waals surface area contributed by atoms with Gasteiger partial charge in [-0.05, 0) is 49.7 Å². The molecule has 2 aromatic rings. The first kappa shape index (κ1) is 12.4. The fourth-order valence-electron chi connectivity index (χ4n) is 2.67. The SMILES string of the molecule is COC1(Cn2c(=S)[nH]c3ccc(C#N)cc32)CCC1. The maximum atomic E-state index is 9.01. The monoisotopic (exact) mass is 273 g/mol. The number of fused-ring (bicyclic) bond motifs is 1. The van der Waals surface area contributed by atoms with Crippen molar-refractivity contribution in [2.75, 3.05) is 7.11 Å². The van der Waals surface area contributed by atoms with Gasteiger partial charge in [-0.1, -0.05) is 0 Å². The normalized spacial score (nSPS) is 17.1. The van der Waals surface area contributed by atoms with Crippen molar-refractivity contribution in [3.63, 3.8) is 0 Å². The van der Waals surface area contributed by atoms with Crippen LogP contribution in [0.1, 0.15) is 24.8 Å². The zero-order chi connectivity index (χ0) is 13.5. The molecule has 1 saturated carbocycles. The molecule has 1 heterocycles. The van der Waals surface area contributed by atoms with E-state index in [1.54, 1.807) is 13.2 Å². The predicted molar refractivity (Wildman–Crippen MR) is 75.4 cm³/mol. The van der Waals surface area contributed by atoms with Gasteiger partial charge in [0, 0.05) is 7.11 Å². The minimum atomic E-state index is -0.0873. The van der Waals surface area contributed by atoms with Gasteiger partial charge in [0.15, 0.2) is 4.77 Å². The fraction of sp³-hybridized carbons (Fsp3) is 0.429. The molecule has 19 heavy (non-hydrogen) atoms. The third-order valence-electron chi connectivity index (χ3n) is 4.05. The lowest BCUT2D eigenvalue weighted by molar-refractivity contribution is -0.0830. The molecule has 0 atom stereocenters. The number of methoxy groups -OCH3 is 1. The van der Waals surface area contributed by atoms with Gasteiger partial charge in [0.25, 0.3) is 0 Å². The molecule has 0 aliphatic heterocycles. The Balaban J connectivity index is 2.09. The van der Waals surface area contributed by atoms with E-state index in [1.807, 2.05) is 16.7 Å². The Labute approximate surface area is 116 Å². The van der Waals surface area contributed by atoms with Crippen LogP contribution in [0.25, 0.3) is 11.0 Å². The molecule has 1 fully saturated rings. The van der Waals surface area contributed by atoms with Gasteiger partial charge >= 0.3 is 0 Å². The smallest absolute Gasteiger partial charge is 0.178 e. The minimum absolute atomic E-state index is 0.0873. The molecule has 0 saturated heterocycles. The summed E-state index contributed by atoms with van der Waals surface area (Å²) in [5.74, 6) is 0. The Hall–Kier alpha value is -1.64. The number of H-pyrrole nitrogens is 1. The summed E-state index contributed by atoms with van der Waals surface area (Å²) in [7, 11) is 1.76. The molecular formula is C14H15N3OS. The molecular weight excluding hydrogens is 258 g/mol. The number of benzene rings is 1. The average Bonchev–Trinajstić information content (AvgIpc) is 2.69. The molecule has 4 nitrogen and oxygen atoms in total. The first-order valence-electron chi connectivity index (χ1n) is 6.35. The third-order valence-corrected chi connectivity index (χ3v) is 4.37. The van der Waals surface area contributed by atoms with E-state index in [0.717, 1.165) is 30.4 Å². The summed E-state index contributed by atoms with van der Waals surface area (Å²) in [6.45, 7) is 0.747. The zero-order valence-electron chi connectivity index (χ0n) is 10.8. The molecule has 0 bridgehead atoms. The predicted octanol–water partition coefficient (Wildman–Crippen LogP) is 3.14. The standard InChI is InChI=1S/C14H15N3OS/c1-18-14(5-2-6-14)9-17-12-7-10(8-15)3-4-11(12)16-13(17)19/h3-4,7H,2,5-6,9H2,1H3,(H,16,19). The molecule has 0 unspecified atom stereocenters. The van der Waals surface area contributed by atoms with Crippen LogP contribution >= 0.6 is 12.2 Å². The van der Waals surface area contributed by atoms with Crippen LogP contribution in [-0.2, 0) is 11.3 Å². The molecule has 1 N–H and O–H groups in total. The molecule has 1 aliphatic rings. The molecule has 1 aromatic carbocycles. The summed E-state index contributed by atoms with van der Waals surface area (Å²) in [5.41, 5.74) is 2.51. The molecule has 5 heteroatoms. The number of aromatic amines is 1. The number of aromatic nitrogens is 2. The highest BCUT2D eigenvalue weighted by atomic mass is 32.1. The number of rotatable bonds is 3. The van der Waals surface area contributed by atoms with E-state index in [9.17, 15) is 0 Å². The van der Waals surface area contributed by atoms with Crippen molar-refractivity contribution < 1.29 is 4.74 Å². The molecule has 0 radical (unpaired) electrons. The quantitative estimate of drug-likeness (QED) is 0.874. The van der Waals surface area contributed by atoms with Crippen molar-refractivity contribution in [2.24, 2.45) is 0 Å². The highest BCUT2D eigenvalue weighted by Crippen LogP contribution is 2.37. The van der Waals surface area contributed by atoms with Gasteiger partial charge in [0.1, 0.15) is 0 Å². The summed E-state index contributed by atoms with van der Waals surface area (Å²) < 4.78 is 8.40. The topological polar surface area (TPSA) is 53.7 Å². The molecule has 1 aromatic heterocycles. The number of nitrogens with one attached hydrogen (secondary N) is 1. The third kappa shape index (κ3) is 1.97. The van der Waals surface area contributed by atoms with E-state index in [0.29, 0.717) is 10.3 Å². The number of hydrogen-bond donors (Lipinski definition) is 1. The maximum Gasteiger partial charge on any atom is 0.178 e.